The minimum absolute atomic E-state index is 0.0325. The summed E-state index contributed by atoms with van der Waals surface area (Å²) in [6.45, 7) is 3.26. The lowest BCUT2D eigenvalue weighted by molar-refractivity contribution is -0.858. The smallest absolute Gasteiger partial charge is 0.258 e. The Balaban J connectivity index is 2.20. The van der Waals surface area contributed by atoms with Gasteiger partial charge in [-0.3, -0.25) is 4.79 Å². The predicted molar refractivity (Wildman–Crippen MR) is 105 cm³/mol. The first-order valence-electron chi connectivity index (χ1n) is 9.12. The molecule has 0 amide bonds. The third-order valence-electron chi connectivity index (χ3n) is 4.97. The number of pyridine rings is 1. The molecule has 0 unspecified atom stereocenters. The number of nitrogens with zero attached hydrogens (tertiary/aromatic N) is 2. The van der Waals surface area contributed by atoms with Crippen molar-refractivity contribution in [3.05, 3.63) is 69.0 Å². The molecular formula is C21H25N4O3+. The van der Waals surface area contributed by atoms with Gasteiger partial charge in [-0.2, -0.15) is 5.26 Å². The molecule has 0 fully saturated rings. The number of methoxy groups -OCH3 is 1. The summed E-state index contributed by atoms with van der Waals surface area (Å²) in [5.41, 5.74) is 8.13. The number of nitrogens with one attached hydrogen (secondary N) is 1. The van der Waals surface area contributed by atoms with Gasteiger partial charge in [-0.15, -0.1) is 0 Å². The van der Waals surface area contributed by atoms with Gasteiger partial charge in [0.05, 0.1) is 45.8 Å². The largest absolute Gasteiger partial charge is 0.497 e. The molecule has 0 bridgehead atoms. The number of quaternary nitrogens is 1. The number of ether oxygens (including phenoxy) is 2. The molecule has 2 heterocycles. The van der Waals surface area contributed by atoms with E-state index in [4.69, 9.17) is 15.2 Å². The minimum atomic E-state index is -0.578. The molecule has 1 aromatic carbocycles. The number of likely N-dealkylation sites (N-methyl/N-ethyl adjacent to an activating group) is 1. The van der Waals surface area contributed by atoms with E-state index in [-0.39, 0.29) is 17.0 Å². The number of nitriles is 1. The zero-order chi connectivity index (χ0) is 20.4. The lowest BCUT2D eigenvalue weighted by Crippen LogP contribution is -3.06. The summed E-state index contributed by atoms with van der Waals surface area (Å²) >= 11 is 0. The average molecular weight is 381 g/mol. The van der Waals surface area contributed by atoms with Crippen LogP contribution in [0.1, 0.15) is 22.7 Å². The van der Waals surface area contributed by atoms with E-state index in [2.05, 4.69) is 6.07 Å². The number of fused-ring (bicyclic) bond motifs is 1. The Bertz CT molecular complexity index is 1010. The van der Waals surface area contributed by atoms with E-state index in [1.165, 1.54) is 4.90 Å². The molecule has 1 aliphatic rings. The molecule has 3 rings (SSSR count). The standard InChI is InChI=1S/C21H24N4O3/c1-13-11-17-19(21(26)25(13)10-9-24(2)3)18(16(12-22)20(23)28-17)14-5-7-15(27-4)8-6-14/h5-8,11,18H,9-10,23H2,1-4H3/p+1/t18-/m1/s1. The van der Waals surface area contributed by atoms with Crippen molar-refractivity contribution in [3.8, 4) is 17.6 Å². The number of hydrogen-bond donors (Lipinski definition) is 2. The van der Waals surface area contributed by atoms with Crippen molar-refractivity contribution < 1.29 is 14.4 Å². The van der Waals surface area contributed by atoms with Crippen molar-refractivity contribution in [2.75, 3.05) is 27.7 Å². The molecule has 3 N–H and O–H groups in total. The van der Waals surface area contributed by atoms with Gasteiger partial charge in [-0.25, -0.2) is 0 Å². The number of nitrogens with two attached hydrogens (primary N) is 1. The van der Waals surface area contributed by atoms with Gasteiger partial charge in [0.25, 0.3) is 5.56 Å². The quantitative estimate of drug-likeness (QED) is 0.788. The summed E-state index contributed by atoms with van der Waals surface area (Å²) in [6, 6.07) is 11.2. The maximum atomic E-state index is 13.4. The predicted octanol–water partition coefficient (Wildman–Crippen LogP) is 0.528. The number of aryl methyl sites for hydroxylation is 1. The number of rotatable bonds is 5. The van der Waals surface area contributed by atoms with Crippen LogP contribution >= 0.6 is 0 Å². The molecule has 28 heavy (non-hydrogen) atoms. The first-order valence-corrected chi connectivity index (χ1v) is 9.12. The SMILES string of the molecule is COc1ccc([C@@H]2C(C#N)=C(N)Oc3cc(C)n(CC[NH+](C)C)c(=O)c32)cc1. The third kappa shape index (κ3) is 3.47. The molecule has 7 nitrogen and oxygen atoms in total. The molecule has 0 saturated heterocycles. The lowest BCUT2D eigenvalue weighted by Gasteiger charge is -2.27. The van der Waals surface area contributed by atoms with E-state index < -0.39 is 5.92 Å². The van der Waals surface area contributed by atoms with Gasteiger partial charge >= 0.3 is 0 Å². The van der Waals surface area contributed by atoms with Gasteiger partial charge in [0.1, 0.15) is 23.1 Å². The number of hydrogen-bond acceptors (Lipinski definition) is 5. The summed E-state index contributed by atoms with van der Waals surface area (Å²) in [6.07, 6.45) is 0. The van der Waals surface area contributed by atoms with Crippen molar-refractivity contribution >= 4 is 0 Å². The summed E-state index contributed by atoms with van der Waals surface area (Å²) < 4.78 is 12.6. The van der Waals surface area contributed by atoms with Crippen molar-refractivity contribution in [2.24, 2.45) is 5.73 Å². The van der Waals surface area contributed by atoms with Crippen LogP contribution in [0.5, 0.6) is 11.5 Å². The van der Waals surface area contributed by atoms with E-state index in [1.807, 2.05) is 39.2 Å². The molecular weight excluding hydrogens is 356 g/mol. The lowest BCUT2D eigenvalue weighted by atomic mass is 9.84. The molecule has 0 radical (unpaired) electrons. The van der Waals surface area contributed by atoms with Gasteiger partial charge in [-0.05, 0) is 24.6 Å². The Morgan fingerprint density at radius 3 is 2.57 bits per heavy atom. The Hall–Kier alpha value is -3.24. The zero-order valence-electron chi connectivity index (χ0n) is 16.6. The van der Waals surface area contributed by atoms with Crippen molar-refractivity contribution in [2.45, 2.75) is 19.4 Å². The van der Waals surface area contributed by atoms with E-state index in [0.29, 0.717) is 23.6 Å². The van der Waals surface area contributed by atoms with Crippen LogP contribution in [0.15, 0.2) is 46.6 Å². The van der Waals surface area contributed by atoms with Gasteiger partial charge in [0.15, 0.2) is 0 Å². The molecule has 2 aromatic rings. The highest BCUT2D eigenvalue weighted by Crippen LogP contribution is 2.40. The second-order valence-electron chi connectivity index (χ2n) is 7.18. The summed E-state index contributed by atoms with van der Waals surface area (Å²) in [5.74, 6) is 0.561. The Morgan fingerprint density at radius 2 is 2.00 bits per heavy atom. The molecule has 7 heteroatoms. The van der Waals surface area contributed by atoms with Crippen molar-refractivity contribution in [3.63, 3.8) is 0 Å². The van der Waals surface area contributed by atoms with Gasteiger partial charge in [0, 0.05) is 11.8 Å². The van der Waals surface area contributed by atoms with Gasteiger partial charge in [0.2, 0.25) is 5.88 Å². The highest BCUT2D eigenvalue weighted by molar-refractivity contribution is 5.55. The minimum Gasteiger partial charge on any atom is -0.497 e. The third-order valence-corrected chi connectivity index (χ3v) is 4.97. The number of allylic oxidation sites excluding steroid dienone is 1. The van der Waals surface area contributed by atoms with Crippen LogP contribution in [-0.2, 0) is 6.54 Å². The summed E-state index contributed by atoms with van der Waals surface area (Å²) in [7, 11) is 5.67. The molecule has 0 spiro atoms. The van der Waals surface area contributed by atoms with E-state index in [1.54, 1.807) is 23.8 Å². The fourth-order valence-corrected chi connectivity index (χ4v) is 3.43. The highest BCUT2D eigenvalue weighted by Gasteiger charge is 2.34. The van der Waals surface area contributed by atoms with Crippen LogP contribution in [0.25, 0.3) is 0 Å². The number of aromatic nitrogens is 1. The monoisotopic (exact) mass is 381 g/mol. The van der Waals surface area contributed by atoms with Crippen LogP contribution in [0.4, 0.5) is 0 Å². The topological polar surface area (TPSA) is 94.7 Å². The highest BCUT2D eigenvalue weighted by atomic mass is 16.5. The maximum absolute atomic E-state index is 13.4. The normalized spacial score (nSPS) is 15.8. The van der Waals surface area contributed by atoms with E-state index >= 15 is 0 Å². The van der Waals surface area contributed by atoms with Crippen LogP contribution in [0.2, 0.25) is 0 Å². The molecule has 0 saturated carbocycles. The fourth-order valence-electron chi connectivity index (χ4n) is 3.43. The molecule has 1 atom stereocenters. The molecule has 1 aromatic heterocycles. The zero-order valence-corrected chi connectivity index (χ0v) is 16.6. The summed E-state index contributed by atoms with van der Waals surface area (Å²) in [5, 5.41) is 9.71. The molecule has 0 aliphatic carbocycles. The van der Waals surface area contributed by atoms with E-state index in [0.717, 1.165) is 17.8 Å². The Morgan fingerprint density at radius 1 is 1.32 bits per heavy atom. The second kappa shape index (κ2) is 7.79. The first-order chi connectivity index (χ1) is 13.4. The van der Waals surface area contributed by atoms with E-state index in [9.17, 15) is 10.1 Å². The molecule has 1 aliphatic heterocycles. The maximum Gasteiger partial charge on any atom is 0.258 e. The second-order valence-corrected chi connectivity index (χ2v) is 7.18. The molecule has 146 valence electrons. The van der Waals surface area contributed by atoms with Crippen LogP contribution in [-0.4, -0.2) is 32.3 Å². The average Bonchev–Trinajstić information content (AvgIpc) is 2.66. The van der Waals surface area contributed by atoms with Gasteiger partial charge in [-0.1, -0.05) is 12.1 Å². The van der Waals surface area contributed by atoms with Crippen LogP contribution in [0.3, 0.4) is 0 Å². The fraction of sp³-hybridized carbons (Fsp3) is 0.333. The first kappa shape index (κ1) is 19.5. The Labute approximate surface area is 164 Å². The van der Waals surface area contributed by atoms with Crippen molar-refractivity contribution in [1.29, 1.82) is 5.26 Å². The number of benzene rings is 1. The van der Waals surface area contributed by atoms with Crippen LogP contribution in [0, 0.1) is 18.3 Å². The summed E-state index contributed by atoms with van der Waals surface area (Å²) in [4.78, 5) is 14.6. The Kier molecular flexibility index (Phi) is 5.43. The van der Waals surface area contributed by atoms with Gasteiger partial charge < -0.3 is 24.7 Å². The van der Waals surface area contributed by atoms with Crippen LogP contribution < -0.4 is 25.7 Å². The van der Waals surface area contributed by atoms with Crippen molar-refractivity contribution in [1.82, 2.24) is 4.57 Å².